The minimum absolute atomic E-state index is 0.00127. The predicted octanol–water partition coefficient (Wildman–Crippen LogP) is 1.80. The molecule has 0 radical (unpaired) electrons. The highest BCUT2D eigenvalue weighted by Crippen LogP contribution is 2.33. The fourth-order valence-corrected chi connectivity index (χ4v) is 2.57. The van der Waals surface area contributed by atoms with Gasteiger partial charge in [-0.15, -0.1) is 0 Å². The van der Waals surface area contributed by atoms with E-state index in [-0.39, 0.29) is 17.0 Å². The zero-order valence-electron chi connectivity index (χ0n) is 6.20. The minimum atomic E-state index is -0.134. The second kappa shape index (κ2) is 3.84. The van der Waals surface area contributed by atoms with E-state index in [0.717, 1.165) is 12.2 Å². The van der Waals surface area contributed by atoms with Crippen molar-refractivity contribution in [3.8, 4) is 0 Å². The van der Waals surface area contributed by atoms with Gasteiger partial charge in [0.15, 0.2) is 0 Å². The van der Waals surface area contributed by atoms with Crippen molar-refractivity contribution in [2.75, 3.05) is 5.75 Å². The van der Waals surface area contributed by atoms with Gasteiger partial charge >= 0.3 is 0 Å². The molecular weight excluding hydrogens is 144 g/mol. The molecule has 0 aromatic rings. The van der Waals surface area contributed by atoms with Crippen molar-refractivity contribution in [2.24, 2.45) is 0 Å². The summed E-state index contributed by atoms with van der Waals surface area (Å²) in [4.78, 5) is 0. The smallest absolute Gasteiger partial charge is 0.0519 e. The first kappa shape index (κ1) is 7.89. The average molecular weight is 158 g/mol. The highest BCUT2D eigenvalue weighted by atomic mass is 32.2. The highest BCUT2D eigenvalue weighted by molar-refractivity contribution is 8.22. The number of thiol groups is 1. The van der Waals surface area contributed by atoms with Gasteiger partial charge in [0, 0.05) is 0 Å². The maximum absolute atomic E-state index is 8.97. The summed E-state index contributed by atoms with van der Waals surface area (Å²) in [6.45, 7) is 1.85. The van der Waals surface area contributed by atoms with Gasteiger partial charge in [0.1, 0.15) is 0 Å². The van der Waals surface area contributed by atoms with E-state index >= 15 is 0 Å². The minimum Gasteiger partial charge on any atom is -0.393 e. The Bertz CT molecular complexity index is 137. The third kappa shape index (κ3) is 2.58. The van der Waals surface area contributed by atoms with Crippen molar-refractivity contribution in [3.05, 3.63) is 23.0 Å². The van der Waals surface area contributed by atoms with Crippen LogP contribution in [0.5, 0.6) is 0 Å². The van der Waals surface area contributed by atoms with Gasteiger partial charge in [-0.2, -0.15) is 0 Å². The lowest BCUT2D eigenvalue weighted by Gasteiger charge is -2.10. The molecule has 0 saturated heterocycles. The van der Waals surface area contributed by atoms with E-state index in [1.807, 2.05) is 6.92 Å². The Morgan fingerprint density at radius 3 is 2.50 bits per heavy atom. The number of aliphatic hydroxyl groups excluding tert-OH is 1. The van der Waals surface area contributed by atoms with Gasteiger partial charge in [0.2, 0.25) is 0 Å². The summed E-state index contributed by atoms with van der Waals surface area (Å²) < 4.78 is 0. The Labute approximate surface area is 64.8 Å². The van der Waals surface area contributed by atoms with E-state index in [1.54, 1.807) is 0 Å². The van der Waals surface area contributed by atoms with Gasteiger partial charge < -0.3 is 5.11 Å². The molecule has 1 atom stereocenters. The van der Waals surface area contributed by atoms with E-state index in [9.17, 15) is 0 Å². The first-order valence-electron chi connectivity index (χ1n) is 3.58. The monoisotopic (exact) mass is 158 g/mol. The van der Waals surface area contributed by atoms with Crippen molar-refractivity contribution in [1.82, 2.24) is 0 Å². The molecule has 1 nitrogen and oxygen atoms in total. The molecule has 2 heteroatoms. The van der Waals surface area contributed by atoms with Crippen LogP contribution in [-0.4, -0.2) is 17.0 Å². The first-order chi connectivity index (χ1) is 4.79. The first-order valence-corrected chi connectivity index (χ1v) is 5.24. The Morgan fingerprint density at radius 2 is 2.00 bits per heavy atom. The lowest BCUT2D eigenvalue weighted by Crippen LogP contribution is -2.01. The number of hydrogen-bond donors (Lipinski definition) is 2. The quantitative estimate of drug-likeness (QED) is 0.600. The zero-order valence-corrected chi connectivity index (χ0v) is 7.09. The number of allylic oxidation sites excluding steroid dienone is 2. The van der Waals surface area contributed by atoms with Gasteiger partial charge in [0.05, 0.1) is 6.10 Å². The molecular formula is C8H14OS. The van der Waals surface area contributed by atoms with Crippen molar-refractivity contribution in [2.45, 2.75) is 19.4 Å². The summed E-state index contributed by atoms with van der Waals surface area (Å²) in [5.74, 6) is 1.14. The van der Waals surface area contributed by atoms with Crippen molar-refractivity contribution >= 4 is 10.9 Å². The summed E-state index contributed by atoms with van der Waals surface area (Å²) in [6, 6.07) is 0. The SMILES string of the molecule is C[C@@H](O)CC[SH]1C=CC=C1. The lowest BCUT2D eigenvalue weighted by molar-refractivity contribution is 0.192. The van der Waals surface area contributed by atoms with E-state index in [1.165, 1.54) is 0 Å². The molecule has 1 N–H and O–H groups in total. The Hall–Kier alpha value is -0.210. The van der Waals surface area contributed by atoms with E-state index in [4.69, 9.17) is 5.11 Å². The second-order valence-electron chi connectivity index (χ2n) is 2.56. The molecule has 1 rings (SSSR count). The molecule has 0 bridgehead atoms. The van der Waals surface area contributed by atoms with Gasteiger partial charge in [-0.3, -0.25) is 0 Å². The predicted molar refractivity (Wildman–Crippen MR) is 48.4 cm³/mol. The second-order valence-corrected chi connectivity index (χ2v) is 4.63. The molecule has 0 aromatic heterocycles. The van der Waals surface area contributed by atoms with E-state index < -0.39 is 0 Å². The van der Waals surface area contributed by atoms with Crippen LogP contribution in [0.2, 0.25) is 0 Å². The number of rotatable bonds is 3. The zero-order chi connectivity index (χ0) is 7.40. The molecule has 1 aliphatic rings. The Morgan fingerprint density at radius 1 is 1.40 bits per heavy atom. The van der Waals surface area contributed by atoms with E-state index in [0.29, 0.717) is 0 Å². The summed E-state index contributed by atoms with van der Waals surface area (Å²) >= 11 is 0. The lowest BCUT2D eigenvalue weighted by atomic mass is 10.3. The maximum atomic E-state index is 8.97. The topological polar surface area (TPSA) is 20.2 Å². The Kier molecular flexibility index (Phi) is 3.03. The highest BCUT2D eigenvalue weighted by Gasteiger charge is 2.00. The molecule has 0 saturated carbocycles. The fourth-order valence-electron chi connectivity index (χ4n) is 0.855. The molecule has 10 heavy (non-hydrogen) atoms. The molecule has 1 aliphatic heterocycles. The number of aliphatic hydroxyl groups is 1. The summed E-state index contributed by atoms with van der Waals surface area (Å²) in [6.07, 6.45) is 4.98. The van der Waals surface area contributed by atoms with Crippen molar-refractivity contribution in [3.63, 3.8) is 0 Å². The third-order valence-corrected chi connectivity index (χ3v) is 3.36. The molecule has 0 aliphatic carbocycles. The van der Waals surface area contributed by atoms with Crippen LogP contribution in [0.3, 0.4) is 0 Å². The standard InChI is InChI=1S/C8H14OS/c1-8(9)4-7-10-5-2-3-6-10/h2-3,5-6,8-10H,4,7H2,1H3/t8-/m1/s1. The van der Waals surface area contributed by atoms with Crippen LogP contribution in [0, 0.1) is 0 Å². The van der Waals surface area contributed by atoms with Crippen LogP contribution < -0.4 is 0 Å². The molecule has 0 aromatic carbocycles. The van der Waals surface area contributed by atoms with Crippen LogP contribution in [0.25, 0.3) is 0 Å². The average Bonchev–Trinajstić information content (AvgIpc) is 2.34. The van der Waals surface area contributed by atoms with Gasteiger partial charge in [-0.25, -0.2) is 10.9 Å². The maximum Gasteiger partial charge on any atom is 0.0519 e. The third-order valence-electron chi connectivity index (χ3n) is 1.47. The summed E-state index contributed by atoms with van der Waals surface area (Å²) in [5, 5.41) is 13.4. The van der Waals surface area contributed by atoms with Crippen LogP contribution >= 0.6 is 10.9 Å². The molecule has 0 spiro atoms. The Balaban J connectivity index is 2.14. The molecule has 0 unspecified atom stereocenters. The van der Waals surface area contributed by atoms with Crippen LogP contribution in [0.4, 0.5) is 0 Å². The van der Waals surface area contributed by atoms with Crippen molar-refractivity contribution < 1.29 is 5.11 Å². The molecule has 0 fully saturated rings. The van der Waals surface area contributed by atoms with Gasteiger partial charge in [-0.05, 0) is 29.9 Å². The normalized spacial score (nSPS) is 22.0. The van der Waals surface area contributed by atoms with Crippen LogP contribution in [0.15, 0.2) is 23.0 Å². The molecule has 0 amide bonds. The van der Waals surface area contributed by atoms with Crippen LogP contribution in [-0.2, 0) is 0 Å². The molecule has 58 valence electrons. The summed E-state index contributed by atoms with van der Waals surface area (Å²) in [7, 11) is 0.00127. The largest absolute Gasteiger partial charge is 0.393 e. The van der Waals surface area contributed by atoms with Crippen LogP contribution in [0.1, 0.15) is 13.3 Å². The number of hydrogen-bond acceptors (Lipinski definition) is 1. The fraction of sp³-hybridized carbons (Fsp3) is 0.500. The molecule has 1 heterocycles. The van der Waals surface area contributed by atoms with Gasteiger partial charge in [-0.1, -0.05) is 12.2 Å². The summed E-state index contributed by atoms with van der Waals surface area (Å²) in [5.41, 5.74) is 0. The van der Waals surface area contributed by atoms with Gasteiger partial charge in [0.25, 0.3) is 0 Å². The van der Waals surface area contributed by atoms with E-state index in [2.05, 4.69) is 23.0 Å². The van der Waals surface area contributed by atoms with Crippen molar-refractivity contribution in [1.29, 1.82) is 0 Å².